The molecule has 0 aliphatic carbocycles. The Bertz CT molecular complexity index is 1250. The second-order valence-electron chi connectivity index (χ2n) is 10.2. The highest BCUT2D eigenvalue weighted by atomic mass is 16.5. The summed E-state index contributed by atoms with van der Waals surface area (Å²) in [6, 6.07) is 26.7. The van der Waals surface area contributed by atoms with Crippen molar-refractivity contribution >= 4 is 12.0 Å². The Morgan fingerprint density at radius 3 is 2.23 bits per heavy atom. The molecule has 7 heteroatoms. The standard InChI is InChI=1S/C36H43NO6/c1-3-41-35(38)17-11-10-12-29-18-19-33(34(28-29)39-2)42-27-26-40-25-24-37-22-20-32(21-23-37)43-36(30-13-6-4-7-14-30)31-15-8-5-9-16-31/h4-19,28,32,36H,3,20-27H2,1-2H3. The summed E-state index contributed by atoms with van der Waals surface area (Å²) in [6.45, 7) is 6.61. The monoisotopic (exact) mass is 585 g/mol. The Morgan fingerprint density at radius 1 is 0.884 bits per heavy atom. The van der Waals surface area contributed by atoms with Gasteiger partial charge in [-0.3, -0.25) is 0 Å². The molecule has 0 radical (unpaired) electrons. The van der Waals surface area contributed by atoms with Crippen LogP contribution in [0.25, 0.3) is 6.08 Å². The van der Waals surface area contributed by atoms with Crippen LogP contribution >= 0.6 is 0 Å². The number of carbonyl (C=O) groups excluding carboxylic acids is 1. The molecule has 228 valence electrons. The molecular formula is C36H43NO6. The second-order valence-corrected chi connectivity index (χ2v) is 10.2. The lowest BCUT2D eigenvalue weighted by molar-refractivity contribution is -0.137. The second kappa shape index (κ2) is 17.9. The third-order valence-electron chi connectivity index (χ3n) is 7.21. The van der Waals surface area contributed by atoms with E-state index >= 15 is 0 Å². The van der Waals surface area contributed by atoms with E-state index in [0.29, 0.717) is 37.9 Å². The van der Waals surface area contributed by atoms with Gasteiger partial charge in [-0.1, -0.05) is 85.0 Å². The molecule has 1 fully saturated rings. The van der Waals surface area contributed by atoms with E-state index in [-0.39, 0.29) is 18.2 Å². The summed E-state index contributed by atoms with van der Waals surface area (Å²) in [6.07, 6.45) is 8.89. The van der Waals surface area contributed by atoms with Gasteiger partial charge in [0.15, 0.2) is 11.5 Å². The highest BCUT2D eigenvalue weighted by Gasteiger charge is 2.24. The largest absolute Gasteiger partial charge is 0.493 e. The number of piperidine rings is 1. The maximum absolute atomic E-state index is 11.4. The van der Waals surface area contributed by atoms with Gasteiger partial charge in [-0.15, -0.1) is 0 Å². The molecule has 3 aromatic carbocycles. The highest BCUT2D eigenvalue weighted by molar-refractivity contribution is 5.82. The first kappa shape index (κ1) is 32.0. The molecule has 1 saturated heterocycles. The maximum Gasteiger partial charge on any atom is 0.330 e. The topological polar surface area (TPSA) is 66.5 Å². The van der Waals surface area contributed by atoms with Gasteiger partial charge in [0.1, 0.15) is 12.7 Å². The predicted molar refractivity (Wildman–Crippen MR) is 169 cm³/mol. The van der Waals surface area contributed by atoms with Gasteiger partial charge >= 0.3 is 5.97 Å². The molecule has 43 heavy (non-hydrogen) atoms. The lowest BCUT2D eigenvalue weighted by Crippen LogP contribution is -2.39. The van der Waals surface area contributed by atoms with Crippen molar-refractivity contribution < 1.29 is 28.5 Å². The van der Waals surface area contributed by atoms with Crippen molar-refractivity contribution in [2.75, 3.05) is 53.2 Å². The Hall–Kier alpha value is -3.91. The van der Waals surface area contributed by atoms with Gasteiger partial charge in [0.2, 0.25) is 0 Å². The maximum atomic E-state index is 11.4. The molecular weight excluding hydrogens is 542 g/mol. The lowest BCUT2D eigenvalue weighted by atomic mass is 10.00. The molecule has 0 saturated carbocycles. The first-order valence-corrected chi connectivity index (χ1v) is 15.0. The van der Waals surface area contributed by atoms with Crippen LogP contribution in [-0.4, -0.2) is 70.1 Å². The molecule has 1 aliphatic rings. The van der Waals surface area contributed by atoms with Gasteiger partial charge in [-0.2, -0.15) is 0 Å². The number of esters is 1. The van der Waals surface area contributed by atoms with Crippen LogP contribution in [0.1, 0.15) is 42.6 Å². The highest BCUT2D eigenvalue weighted by Crippen LogP contribution is 2.30. The Kier molecular flexibility index (Phi) is 13.3. The average Bonchev–Trinajstić information content (AvgIpc) is 3.05. The summed E-state index contributed by atoms with van der Waals surface area (Å²) in [5, 5.41) is 0. The number of benzene rings is 3. The van der Waals surface area contributed by atoms with Crippen LogP contribution in [0.15, 0.2) is 97.1 Å². The fraction of sp³-hybridized carbons (Fsp3) is 0.361. The van der Waals surface area contributed by atoms with Crippen molar-refractivity contribution in [2.24, 2.45) is 0 Å². The number of methoxy groups -OCH3 is 1. The van der Waals surface area contributed by atoms with Crippen molar-refractivity contribution in [3.05, 3.63) is 114 Å². The van der Waals surface area contributed by atoms with Gasteiger partial charge in [-0.25, -0.2) is 4.79 Å². The van der Waals surface area contributed by atoms with Gasteiger partial charge in [0, 0.05) is 25.7 Å². The van der Waals surface area contributed by atoms with Crippen LogP contribution in [0.2, 0.25) is 0 Å². The molecule has 0 amide bonds. The summed E-state index contributed by atoms with van der Waals surface area (Å²) in [5.74, 6) is 0.946. The summed E-state index contributed by atoms with van der Waals surface area (Å²) in [4.78, 5) is 13.8. The summed E-state index contributed by atoms with van der Waals surface area (Å²) in [7, 11) is 1.62. The van der Waals surface area contributed by atoms with Crippen LogP contribution < -0.4 is 9.47 Å². The summed E-state index contributed by atoms with van der Waals surface area (Å²) in [5.41, 5.74) is 3.31. The van der Waals surface area contributed by atoms with E-state index in [1.165, 1.54) is 17.2 Å². The van der Waals surface area contributed by atoms with E-state index in [0.717, 1.165) is 38.0 Å². The van der Waals surface area contributed by atoms with E-state index in [9.17, 15) is 4.79 Å². The molecule has 0 unspecified atom stereocenters. The fourth-order valence-electron chi connectivity index (χ4n) is 4.97. The third kappa shape index (κ3) is 10.7. The van der Waals surface area contributed by atoms with Crippen molar-refractivity contribution in [2.45, 2.75) is 32.0 Å². The zero-order valence-electron chi connectivity index (χ0n) is 25.2. The van der Waals surface area contributed by atoms with Gasteiger partial charge in [-0.05, 0) is 48.6 Å². The molecule has 1 heterocycles. The first-order valence-electron chi connectivity index (χ1n) is 15.0. The van der Waals surface area contributed by atoms with Crippen molar-refractivity contribution in [1.29, 1.82) is 0 Å². The number of likely N-dealkylation sites (tertiary alicyclic amines) is 1. The number of ether oxygens (including phenoxy) is 5. The zero-order valence-corrected chi connectivity index (χ0v) is 25.2. The Balaban J connectivity index is 1.13. The molecule has 0 spiro atoms. The number of hydrogen-bond acceptors (Lipinski definition) is 7. The molecule has 1 aliphatic heterocycles. The zero-order chi connectivity index (χ0) is 30.1. The minimum atomic E-state index is -0.360. The number of carbonyl (C=O) groups is 1. The van der Waals surface area contributed by atoms with Gasteiger partial charge in [0.25, 0.3) is 0 Å². The average molecular weight is 586 g/mol. The van der Waals surface area contributed by atoms with Crippen LogP contribution in [0.5, 0.6) is 11.5 Å². The number of hydrogen-bond donors (Lipinski definition) is 0. The molecule has 3 aromatic rings. The van der Waals surface area contributed by atoms with E-state index in [2.05, 4.69) is 53.4 Å². The summed E-state index contributed by atoms with van der Waals surface area (Å²) >= 11 is 0. The van der Waals surface area contributed by atoms with Crippen LogP contribution in [-0.2, 0) is 19.0 Å². The van der Waals surface area contributed by atoms with E-state index in [1.807, 2.05) is 36.4 Å². The van der Waals surface area contributed by atoms with Crippen molar-refractivity contribution in [3.8, 4) is 11.5 Å². The fourth-order valence-corrected chi connectivity index (χ4v) is 4.97. The van der Waals surface area contributed by atoms with Crippen molar-refractivity contribution in [3.63, 3.8) is 0 Å². The number of nitrogens with zero attached hydrogens (tertiary/aromatic N) is 1. The van der Waals surface area contributed by atoms with Crippen molar-refractivity contribution in [1.82, 2.24) is 4.90 Å². The van der Waals surface area contributed by atoms with E-state index < -0.39 is 0 Å². The van der Waals surface area contributed by atoms with E-state index in [1.54, 1.807) is 26.2 Å². The summed E-state index contributed by atoms with van der Waals surface area (Å²) < 4.78 is 28.8. The normalized spacial score (nSPS) is 14.5. The molecule has 7 nitrogen and oxygen atoms in total. The van der Waals surface area contributed by atoms with Gasteiger partial charge in [0.05, 0.1) is 33.0 Å². The smallest absolute Gasteiger partial charge is 0.330 e. The number of rotatable bonds is 16. The Morgan fingerprint density at radius 2 is 1.58 bits per heavy atom. The minimum Gasteiger partial charge on any atom is -0.493 e. The quantitative estimate of drug-likeness (QED) is 0.0824. The molecule has 0 N–H and O–H groups in total. The molecule has 4 rings (SSSR count). The Labute approximate surface area is 255 Å². The SMILES string of the molecule is CCOC(=O)C=CC=Cc1ccc(OCCOCCN2CCC(OC(c3ccccc3)c3ccccc3)CC2)c(OC)c1. The van der Waals surface area contributed by atoms with E-state index in [4.69, 9.17) is 23.7 Å². The molecule has 0 bridgehead atoms. The molecule has 0 atom stereocenters. The minimum absolute atomic E-state index is 0.0477. The van der Waals surface area contributed by atoms with Crippen LogP contribution in [0.3, 0.4) is 0 Å². The number of allylic oxidation sites excluding steroid dienone is 2. The predicted octanol–water partition coefficient (Wildman–Crippen LogP) is 6.49. The lowest BCUT2D eigenvalue weighted by Gasteiger charge is -2.34. The van der Waals surface area contributed by atoms with Gasteiger partial charge < -0.3 is 28.6 Å². The van der Waals surface area contributed by atoms with Crippen LogP contribution in [0, 0.1) is 0 Å². The first-order chi connectivity index (χ1) is 21.2. The molecule has 0 aromatic heterocycles. The third-order valence-corrected chi connectivity index (χ3v) is 7.21. The van der Waals surface area contributed by atoms with Crippen LogP contribution in [0.4, 0.5) is 0 Å².